The van der Waals surface area contributed by atoms with Crippen LogP contribution >= 0.6 is 11.6 Å². The Morgan fingerprint density at radius 3 is 2.82 bits per heavy atom. The number of nitriles is 1. The van der Waals surface area contributed by atoms with Crippen molar-refractivity contribution in [3.05, 3.63) is 64.4 Å². The highest BCUT2D eigenvalue weighted by molar-refractivity contribution is 6.32. The van der Waals surface area contributed by atoms with Crippen LogP contribution in [-0.2, 0) is 6.18 Å². The molecular weight excluding hydrogens is 463 g/mol. The zero-order chi connectivity index (χ0) is 23.6. The van der Waals surface area contributed by atoms with Crippen LogP contribution in [0.25, 0.3) is 0 Å². The summed E-state index contributed by atoms with van der Waals surface area (Å²) in [5.41, 5.74) is -1.44. The summed E-state index contributed by atoms with van der Waals surface area (Å²) in [6.07, 6.45) is -3.41. The molecule has 168 valence electrons. The monoisotopic (exact) mass is 475 g/mol. The molecule has 1 amide bonds. The highest BCUT2D eigenvalue weighted by Crippen LogP contribution is 2.38. The van der Waals surface area contributed by atoms with Crippen molar-refractivity contribution in [2.24, 2.45) is 0 Å². The van der Waals surface area contributed by atoms with Crippen molar-refractivity contribution in [3.63, 3.8) is 0 Å². The number of hydrogen-bond donors (Lipinski definition) is 2. The first kappa shape index (κ1) is 22.2. The summed E-state index contributed by atoms with van der Waals surface area (Å²) in [7, 11) is 0. The van der Waals surface area contributed by atoms with Gasteiger partial charge in [0, 0.05) is 11.3 Å². The number of fused-ring (bicyclic) bond motifs is 1. The predicted molar refractivity (Wildman–Crippen MR) is 112 cm³/mol. The van der Waals surface area contributed by atoms with Crippen molar-refractivity contribution in [3.8, 4) is 23.4 Å². The molecule has 33 heavy (non-hydrogen) atoms. The number of nitrogens with one attached hydrogen (secondary N) is 2. The molecule has 0 saturated heterocycles. The van der Waals surface area contributed by atoms with Gasteiger partial charge in [0.1, 0.15) is 18.7 Å². The van der Waals surface area contributed by atoms with Crippen LogP contribution in [0, 0.1) is 11.3 Å². The number of anilines is 2. The largest absolute Gasteiger partial charge is 0.483 e. The van der Waals surface area contributed by atoms with Crippen LogP contribution < -0.4 is 20.1 Å². The molecule has 2 aromatic carbocycles. The number of rotatable bonds is 4. The normalized spacial score (nSPS) is 12.6. The number of aromatic nitrogens is 2. The highest BCUT2D eigenvalue weighted by atomic mass is 35.5. The molecule has 0 aliphatic carbocycles. The number of nitrogens with zero attached hydrogens (tertiary/aromatic N) is 3. The summed E-state index contributed by atoms with van der Waals surface area (Å²) < 4.78 is 50.5. The number of halogens is 4. The van der Waals surface area contributed by atoms with Crippen molar-refractivity contribution in [1.29, 1.82) is 5.26 Å². The van der Waals surface area contributed by atoms with Gasteiger partial charge in [-0.25, -0.2) is 4.98 Å². The molecule has 1 aromatic heterocycles. The lowest BCUT2D eigenvalue weighted by Crippen LogP contribution is -2.19. The van der Waals surface area contributed by atoms with Crippen LogP contribution in [0.1, 0.15) is 21.5 Å². The first-order valence-corrected chi connectivity index (χ1v) is 9.75. The van der Waals surface area contributed by atoms with Crippen LogP contribution in [0.3, 0.4) is 0 Å². The second kappa shape index (κ2) is 8.84. The third kappa shape index (κ3) is 4.91. The maximum Gasteiger partial charge on any atom is 0.416 e. The summed E-state index contributed by atoms with van der Waals surface area (Å²) in [5, 5.41) is 14.6. The molecule has 1 aliphatic rings. The summed E-state index contributed by atoms with van der Waals surface area (Å²) in [6, 6.07) is 8.29. The lowest BCUT2D eigenvalue weighted by atomic mass is 10.1. The number of carbonyl (C=O) groups excluding carboxylic acids is 1. The minimum absolute atomic E-state index is 0.0484. The molecule has 0 bridgehead atoms. The lowest BCUT2D eigenvalue weighted by Gasteiger charge is -2.19. The summed E-state index contributed by atoms with van der Waals surface area (Å²) in [5.74, 6) is 0.128. The van der Waals surface area contributed by atoms with E-state index in [2.05, 4.69) is 20.6 Å². The van der Waals surface area contributed by atoms with Crippen molar-refractivity contribution in [2.75, 3.05) is 23.8 Å². The van der Waals surface area contributed by atoms with E-state index >= 15 is 0 Å². The summed E-state index contributed by atoms with van der Waals surface area (Å²) in [6.45, 7) is 0.928. The van der Waals surface area contributed by atoms with E-state index in [1.54, 1.807) is 6.07 Å². The minimum Gasteiger partial charge on any atom is -0.483 e. The molecule has 2 N–H and O–H groups in total. The van der Waals surface area contributed by atoms with E-state index in [9.17, 15) is 18.0 Å². The molecule has 4 rings (SSSR count). The number of hydrogen-bond acceptors (Lipinski definition) is 7. The van der Waals surface area contributed by atoms with Crippen LogP contribution in [0.4, 0.5) is 24.7 Å². The van der Waals surface area contributed by atoms with Gasteiger partial charge in [-0.15, -0.1) is 0 Å². The topological polar surface area (TPSA) is 109 Å². The van der Waals surface area contributed by atoms with Crippen molar-refractivity contribution in [1.82, 2.24) is 9.97 Å². The average molecular weight is 476 g/mol. The van der Waals surface area contributed by atoms with Crippen molar-refractivity contribution >= 4 is 29.0 Å². The third-order valence-electron chi connectivity index (χ3n) is 4.46. The van der Waals surface area contributed by atoms with E-state index in [1.165, 1.54) is 24.5 Å². The van der Waals surface area contributed by atoms with Gasteiger partial charge < -0.3 is 20.1 Å². The molecule has 0 saturated carbocycles. The molecule has 0 spiro atoms. The number of benzene rings is 2. The number of alkyl halides is 3. The molecule has 3 aromatic rings. The van der Waals surface area contributed by atoms with Crippen LogP contribution in [-0.4, -0.2) is 29.0 Å². The van der Waals surface area contributed by atoms with E-state index in [-0.39, 0.29) is 39.2 Å². The SMILES string of the molecule is N#Cc1cc(NC(=O)c2ccc(Cl)c(Oc3ncnc4c3OCCN4)c2)cc(C(F)(F)F)c1. The molecule has 0 radical (unpaired) electrons. The smallest absolute Gasteiger partial charge is 0.416 e. The molecule has 12 heteroatoms. The van der Waals surface area contributed by atoms with Gasteiger partial charge in [-0.1, -0.05) is 11.6 Å². The lowest BCUT2D eigenvalue weighted by molar-refractivity contribution is -0.137. The molecule has 1 aliphatic heterocycles. The fraction of sp³-hybridized carbons (Fsp3) is 0.143. The number of ether oxygens (including phenoxy) is 2. The first-order chi connectivity index (χ1) is 15.7. The summed E-state index contributed by atoms with van der Waals surface area (Å²) >= 11 is 6.19. The van der Waals surface area contributed by atoms with Crippen LogP contribution in [0.15, 0.2) is 42.7 Å². The van der Waals surface area contributed by atoms with Gasteiger partial charge in [0.2, 0.25) is 5.75 Å². The van der Waals surface area contributed by atoms with E-state index in [0.29, 0.717) is 25.0 Å². The Balaban J connectivity index is 1.60. The second-order valence-electron chi connectivity index (χ2n) is 6.74. The highest BCUT2D eigenvalue weighted by Gasteiger charge is 2.31. The van der Waals surface area contributed by atoms with Gasteiger partial charge in [-0.05, 0) is 36.4 Å². The van der Waals surface area contributed by atoms with Gasteiger partial charge >= 0.3 is 6.18 Å². The van der Waals surface area contributed by atoms with Gasteiger partial charge in [0.05, 0.1) is 28.8 Å². The predicted octanol–water partition coefficient (Wildman–Crippen LogP) is 4.87. The molecule has 2 heterocycles. The molecule has 0 unspecified atom stereocenters. The Labute approximate surface area is 189 Å². The average Bonchev–Trinajstić information content (AvgIpc) is 2.80. The third-order valence-corrected chi connectivity index (χ3v) is 4.77. The first-order valence-electron chi connectivity index (χ1n) is 9.37. The molecule has 0 fully saturated rings. The van der Waals surface area contributed by atoms with Gasteiger partial charge in [-0.2, -0.15) is 23.4 Å². The Kier molecular flexibility index (Phi) is 5.93. The van der Waals surface area contributed by atoms with E-state index in [0.717, 1.165) is 12.1 Å². The van der Waals surface area contributed by atoms with E-state index in [4.69, 9.17) is 26.3 Å². The standard InChI is InChI=1S/C21H13ClF3N5O3/c22-15-2-1-12(7-16(15)33-20-17-18(28-10-29-20)27-3-4-32-17)19(31)30-14-6-11(9-26)5-13(8-14)21(23,24)25/h1-2,5-8,10H,3-4H2,(H,30,31)(H,27,28,29). The van der Waals surface area contributed by atoms with Gasteiger partial charge in [0.25, 0.3) is 11.8 Å². The number of amides is 1. The Bertz CT molecular complexity index is 1280. The fourth-order valence-corrected chi connectivity index (χ4v) is 3.12. The maximum absolute atomic E-state index is 13.1. The molecular formula is C21H13ClF3N5O3. The molecule has 8 nitrogen and oxygen atoms in total. The minimum atomic E-state index is -4.68. The maximum atomic E-state index is 13.1. The Morgan fingerprint density at radius 2 is 2.06 bits per heavy atom. The summed E-state index contributed by atoms with van der Waals surface area (Å²) in [4.78, 5) is 20.8. The fourth-order valence-electron chi connectivity index (χ4n) is 2.97. The van der Waals surface area contributed by atoms with Crippen molar-refractivity contribution in [2.45, 2.75) is 6.18 Å². The Hall–Kier alpha value is -4.04. The van der Waals surface area contributed by atoms with Crippen LogP contribution in [0.5, 0.6) is 17.4 Å². The van der Waals surface area contributed by atoms with Crippen molar-refractivity contribution < 1.29 is 27.4 Å². The quantitative estimate of drug-likeness (QED) is 0.554. The van der Waals surface area contributed by atoms with Gasteiger partial charge in [0.15, 0.2) is 5.82 Å². The molecule has 0 atom stereocenters. The van der Waals surface area contributed by atoms with Crippen LogP contribution in [0.2, 0.25) is 5.02 Å². The second-order valence-corrected chi connectivity index (χ2v) is 7.15. The number of carbonyl (C=O) groups is 1. The zero-order valence-corrected chi connectivity index (χ0v) is 17.3. The zero-order valence-electron chi connectivity index (χ0n) is 16.5. The van der Waals surface area contributed by atoms with Gasteiger partial charge in [-0.3, -0.25) is 4.79 Å². The van der Waals surface area contributed by atoms with E-state index < -0.39 is 17.6 Å². The van der Waals surface area contributed by atoms with E-state index in [1.807, 2.05) is 0 Å². The Morgan fingerprint density at radius 1 is 1.24 bits per heavy atom.